The van der Waals surface area contributed by atoms with Crippen LogP contribution < -0.4 is 25.2 Å². The van der Waals surface area contributed by atoms with Crippen molar-refractivity contribution in [3.63, 3.8) is 0 Å². The van der Waals surface area contributed by atoms with Crippen molar-refractivity contribution in [3.05, 3.63) is 63.7 Å². The van der Waals surface area contributed by atoms with Crippen LogP contribution in [0.2, 0.25) is 5.02 Å². The minimum absolute atomic E-state index is 0.0734. The van der Waals surface area contributed by atoms with Gasteiger partial charge in [0.25, 0.3) is 0 Å². The summed E-state index contributed by atoms with van der Waals surface area (Å²) in [6, 6.07) is 7.23. The number of likely N-dealkylation sites (N-methyl/N-ethyl adjacent to an activating group) is 2. The molecular formula is C47H63ClN10O5. The highest BCUT2D eigenvalue weighted by Gasteiger charge is 2.30. The van der Waals surface area contributed by atoms with Crippen LogP contribution in [0, 0.1) is 0 Å². The molecule has 0 bridgehead atoms. The summed E-state index contributed by atoms with van der Waals surface area (Å²) in [6.07, 6.45) is 10.2. The van der Waals surface area contributed by atoms with Crippen molar-refractivity contribution in [3.8, 4) is 28.8 Å². The third-order valence-electron chi connectivity index (χ3n) is 11.1. The van der Waals surface area contributed by atoms with Crippen molar-refractivity contribution in [1.82, 2.24) is 40.5 Å². The Morgan fingerprint density at radius 2 is 1.40 bits per heavy atom. The van der Waals surface area contributed by atoms with E-state index in [1.54, 1.807) is 12.3 Å². The molecule has 4 aromatic rings. The van der Waals surface area contributed by atoms with Crippen LogP contribution in [0.5, 0.6) is 5.75 Å². The highest BCUT2D eigenvalue weighted by atomic mass is 35.5. The number of amides is 2. The van der Waals surface area contributed by atoms with Crippen molar-refractivity contribution in [1.29, 1.82) is 0 Å². The third kappa shape index (κ3) is 12.2. The van der Waals surface area contributed by atoms with Crippen molar-refractivity contribution in [2.75, 3.05) is 50.2 Å². The van der Waals surface area contributed by atoms with Gasteiger partial charge in [-0.1, -0.05) is 11.6 Å². The van der Waals surface area contributed by atoms with Gasteiger partial charge in [-0.2, -0.15) is 0 Å². The van der Waals surface area contributed by atoms with Gasteiger partial charge >= 0.3 is 0 Å². The summed E-state index contributed by atoms with van der Waals surface area (Å²) in [4.78, 5) is 59.8. The van der Waals surface area contributed by atoms with Crippen molar-refractivity contribution in [2.45, 2.75) is 136 Å². The maximum absolute atomic E-state index is 13.8. The van der Waals surface area contributed by atoms with Crippen LogP contribution in [0.3, 0.4) is 0 Å². The maximum atomic E-state index is 13.8. The van der Waals surface area contributed by atoms with Crippen LogP contribution in [0.25, 0.3) is 23.0 Å². The summed E-state index contributed by atoms with van der Waals surface area (Å²) in [5.41, 5.74) is 4.26. The molecule has 3 aliphatic rings. The molecule has 1 atom stereocenters. The number of aryl methyl sites for hydroxylation is 2. The average Bonchev–Trinajstić information content (AvgIpc) is 3.88. The average molecular weight is 884 g/mol. The number of ether oxygens (including phenoxy) is 3. The molecule has 1 aliphatic heterocycles. The lowest BCUT2D eigenvalue weighted by Crippen LogP contribution is -2.48. The van der Waals surface area contributed by atoms with Gasteiger partial charge in [0.05, 0.1) is 18.7 Å². The van der Waals surface area contributed by atoms with Crippen LogP contribution in [-0.4, -0.2) is 105 Å². The van der Waals surface area contributed by atoms with Gasteiger partial charge in [-0.3, -0.25) is 14.6 Å². The zero-order valence-electron chi connectivity index (χ0n) is 38.4. The molecule has 2 amide bonds. The fourth-order valence-corrected chi connectivity index (χ4v) is 8.70. The highest BCUT2D eigenvalue weighted by Crippen LogP contribution is 2.34. The van der Waals surface area contributed by atoms with E-state index in [4.69, 9.17) is 50.7 Å². The number of hydrogen-bond acceptors (Lipinski definition) is 13. The Kier molecular flexibility index (Phi) is 13.9. The SMILES string of the molecule is CN(CC(=O)NC(C)(C)Cc1cc(Cl)cc(-c2nc3c(c(N(C)CC(=O)NC(C)(C)C)n2)CCC3)n1)c1nc(-c2cc(OCC(C)(C)OC3CCCCO3)ccn2)nc2c1CCC2. The number of halogens is 1. The highest BCUT2D eigenvalue weighted by molar-refractivity contribution is 6.30. The summed E-state index contributed by atoms with van der Waals surface area (Å²) >= 11 is 6.71. The van der Waals surface area contributed by atoms with Crippen LogP contribution >= 0.6 is 11.6 Å². The topological polar surface area (TPSA) is 170 Å². The number of rotatable bonds is 16. The van der Waals surface area contributed by atoms with E-state index in [2.05, 4.69) is 15.6 Å². The number of hydrogen-bond donors (Lipinski definition) is 2. The Hall–Kier alpha value is -4.99. The van der Waals surface area contributed by atoms with E-state index in [-0.39, 0.29) is 36.7 Å². The molecule has 2 N–H and O–H groups in total. The van der Waals surface area contributed by atoms with Gasteiger partial charge in [-0.15, -0.1) is 0 Å². The Bertz CT molecular complexity index is 2310. The summed E-state index contributed by atoms with van der Waals surface area (Å²) in [5.74, 6) is 2.75. The number of carbonyl (C=O) groups excluding carboxylic acids is 2. The summed E-state index contributed by atoms with van der Waals surface area (Å²) in [5, 5.41) is 6.74. The van der Waals surface area contributed by atoms with Gasteiger partial charge in [0.1, 0.15) is 35.4 Å². The summed E-state index contributed by atoms with van der Waals surface area (Å²) in [6.45, 7) is 15.1. The van der Waals surface area contributed by atoms with Crippen molar-refractivity contribution >= 4 is 35.1 Å². The van der Waals surface area contributed by atoms with Crippen LogP contribution in [0.1, 0.15) is 109 Å². The smallest absolute Gasteiger partial charge is 0.239 e. The summed E-state index contributed by atoms with van der Waals surface area (Å²) in [7, 11) is 3.76. The lowest BCUT2D eigenvalue weighted by atomic mass is 9.97. The molecule has 1 saturated heterocycles. The molecule has 2 aliphatic carbocycles. The molecule has 63 heavy (non-hydrogen) atoms. The van der Waals surface area contributed by atoms with E-state index in [1.807, 2.05) is 90.6 Å². The quantitative estimate of drug-likeness (QED) is 0.123. The molecule has 0 aromatic carbocycles. The first-order valence-electron chi connectivity index (χ1n) is 22.2. The van der Waals surface area contributed by atoms with E-state index in [1.165, 1.54) is 0 Å². The lowest BCUT2D eigenvalue weighted by Gasteiger charge is -2.32. The van der Waals surface area contributed by atoms with Gasteiger partial charge in [-0.25, -0.2) is 24.9 Å². The molecular weight excluding hydrogens is 820 g/mol. The predicted octanol–water partition coefficient (Wildman–Crippen LogP) is 6.65. The third-order valence-corrected chi connectivity index (χ3v) is 11.3. The molecule has 1 unspecified atom stereocenters. The monoisotopic (exact) mass is 882 g/mol. The minimum Gasteiger partial charge on any atom is -0.490 e. The molecule has 0 saturated carbocycles. The zero-order chi connectivity index (χ0) is 45.1. The number of aromatic nitrogens is 6. The second-order valence-corrected chi connectivity index (χ2v) is 19.9. The first kappa shape index (κ1) is 46.0. The van der Waals surface area contributed by atoms with Gasteiger partial charge in [0.15, 0.2) is 17.9 Å². The van der Waals surface area contributed by atoms with E-state index < -0.39 is 11.1 Å². The van der Waals surface area contributed by atoms with E-state index in [0.717, 1.165) is 92.7 Å². The standard InChI is InChI=1S/C47H63ClN10O5/c1-45(2,3)55-38(59)26-57(8)44-33-15-13-17-35(33)52-42(54-44)37-23-29(48)22-30(50-37)25-46(4,5)56-39(60)27-58(9)43-32-14-12-16-34(32)51-41(53-43)36-24-31(19-20-49-36)62-28-47(6,7)63-40-18-10-11-21-61-40/h19-20,22-24,40H,10-18,21,25-28H2,1-9H3,(H,55,59)(H,56,60). The molecule has 0 radical (unpaired) electrons. The van der Waals surface area contributed by atoms with E-state index in [9.17, 15) is 9.59 Å². The fraction of sp³-hybridized carbons (Fsp3) is 0.574. The molecule has 7 rings (SSSR count). The maximum Gasteiger partial charge on any atom is 0.239 e. The fourth-order valence-electron chi connectivity index (χ4n) is 8.47. The number of anilines is 2. The van der Waals surface area contributed by atoms with Gasteiger partial charge in [0, 0.05) is 83.7 Å². The van der Waals surface area contributed by atoms with E-state index >= 15 is 0 Å². The molecule has 338 valence electrons. The second kappa shape index (κ2) is 19.0. The van der Waals surface area contributed by atoms with Crippen molar-refractivity contribution < 1.29 is 23.8 Å². The Labute approximate surface area is 376 Å². The number of nitrogens with zero attached hydrogens (tertiary/aromatic N) is 8. The molecule has 0 spiro atoms. The number of nitrogens with one attached hydrogen (secondary N) is 2. The number of carbonyl (C=O) groups is 2. The number of pyridine rings is 2. The van der Waals surface area contributed by atoms with E-state index in [0.29, 0.717) is 58.3 Å². The summed E-state index contributed by atoms with van der Waals surface area (Å²) < 4.78 is 18.2. The molecule has 15 nitrogen and oxygen atoms in total. The van der Waals surface area contributed by atoms with Gasteiger partial charge in [0.2, 0.25) is 11.8 Å². The molecule has 4 aromatic heterocycles. The molecule has 1 fully saturated rings. The predicted molar refractivity (Wildman–Crippen MR) is 244 cm³/mol. The lowest BCUT2D eigenvalue weighted by molar-refractivity contribution is -0.221. The van der Waals surface area contributed by atoms with Crippen LogP contribution in [-0.2, 0) is 51.2 Å². The van der Waals surface area contributed by atoms with Crippen LogP contribution in [0.4, 0.5) is 11.6 Å². The molecule has 5 heterocycles. The minimum atomic E-state index is -0.691. The van der Waals surface area contributed by atoms with Gasteiger partial charge in [-0.05, 0) is 124 Å². The van der Waals surface area contributed by atoms with Crippen molar-refractivity contribution in [2.24, 2.45) is 0 Å². The second-order valence-electron chi connectivity index (χ2n) is 19.4. The first-order chi connectivity index (χ1) is 29.8. The molecule has 16 heteroatoms. The zero-order valence-corrected chi connectivity index (χ0v) is 39.1. The van der Waals surface area contributed by atoms with Gasteiger partial charge < -0.3 is 34.6 Å². The normalized spacial score (nSPS) is 16.3. The Morgan fingerprint density at radius 1 is 0.778 bits per heavy atom. The largest absolute Gasteiger partial charge is 0.490 e. The Morgan fingerprint density at radius 3 is 2.00 bits per heavy atom. The van der Waals surface area contributed by atoms with Crippen LogP contribution in [0.15, 0.2) is 30.5 Å². The Balaban J connectivity index is 1.02. The first-order valence-corrected chi connectivity index (χ1v) is 22.6. The number of fused-ring (bicyclic) bond motifs is 2.